The van der Waals surface area contributed by atoms with Crippen LogP contribution in [0, 0.1) is 6.92 Å². The Hall–Kier alpha value is -5.17. The average molecular weight is 706 g/mol. The van der Waals surface area contributed by atoms with Gasteiger partial charge in [0.25, 0.3) is 0 Å². The average Bonchev–Trinajstić information content (AvgIpc) is 3.28. The number of hydrogen-bond donors (Lipinski definition) is 3. The van der Waals surface area contributed by atoms with Gasteiger partial charge in [0.1, 0.15) is 23.8 Å². The molecule has 2 amide bonds. The van der Waals surface area contributed by atoms with Gasteiger partial charge >= 0.3 is 0 Å². The second-order valence-electron chi connectivity index (χ2n) is 14.5. The third-order valence-corrected chi connectivity index (χ3v) is 11.4. The van der Waals surface area contributed by atoms with E-state index in [0.29, 0.717) is 54.8 Å². The lowest BCUT2D eigenvalue weighted by atomic mass is 9.89. The summed E-state index contributed by atoms with van der Waals surface area (Å²) < 4.78 is 8.14. The van der Waals surface area contributed by atoms with Gasteiger partial charge in [-0.05, 0) is 74.8 Å². The van der Waals surface area contributed by atoms with Gasteiger partial charge in [0.15, 0.2) is 5.82 Å². The summed E-state index contributed by atoms with van der Waals surface area (Å²) in [5.74, 6) is 1.43. The van der Waals surface area contributed by atoms with Crippen LogP contribution >= 0.6 is 0 Å². The van der Waals surface area contributed by atoms with Crippen molar-refractivity contribution in [3.05, 3.63) is 66.0 Å². The minimum absolute atomic E-state index is 0.00617. The van der Waals surface area contributed by atoms with Gasteiger partial charge in [-0.15, -0.1) is 10.2 Å². The van der Waals surface area contributed by atoms with Crippen molar-refractivity contribution < 1.29 is 19.4 Å². The SMILES string of the molecule is Cc1nn(-c2cc(-c3ccccc3O)nnc2N)cc1N1CCN([C@@H]2CCC[C@@H](c3cccc4c3OCCN4[C@@H]3CCC(=O)NC(=O)C3)CC2)CC1. The molecule has 0 unspecified atom stereocenters. The van der Waals surface area contributed by atoms with E-state index < -0.39 is 0 Å². The van der Waals surface area contributed by atoms with Gasteiger partial charge in [0.2, 0.25) is 11.8 Å². The van der Waals surface area contributed by atoms with E-state index in [-0.39, 0.29) is 29.4 Å². The zero-order chi connectivity index (χ0) is 35.8. The fourth-order valence-electron chi connectivity index (χ4n) is 8.71. The van der Waals surface area contributed by atoms with Crippen molar-refractivity contribution >= 4 is 29.0 Å². The molecule has 2 aromatic heterocycles. The first-order chi connectivity index (χ1) is 25.3. The number of rotatable bonds is 6. The van der Waals surface area contributed by atoms with Crippen molar-refractivity contribution in [2.75, 3.05) is 54.9 Å². The molecule has 0 spiro atoms. The van der Waals surface area contributed by atoms with E-state index in [9.17, 15) is 14.7 Å². The number of imide groups is 1. The highest BCUT2D eigenvalue weighted by Crippen LogP contribution is 2.44. The number of nitrogens with one attached hydrogen (secondary N) is 1. The molecule has 0 radical (unpaired) electrons. The number of aromatic nitrogens is 4. The molecular formula is C39H47N9O4. The summed E-state index contributed by atoms with van der Waals surface area (Å²) >= 11 is 0. The second-order valence-corrected chi connectivity index (χ2v) is 14.5. The molecule has 4 N–H and O–H groups in total. The molecule has 4 aliphatic rings. The zero-order valence-corrected chi connectivity index (χ0v) is 29.7. The number of nitrogen functional groups attached to an aromatic ring is 1. The second kappa shape index (κ2) is 14.5. The highest BCUT2D eigenvalue weighted by molar-refractivity contribution is 5.96. The Morgan fingerprint density at radius 2 is 1.71 bits per heavy atom. The van der Waals surface area contributed by atoms with Crippen LogP contribution in [-0.4, -0.2) is 93.2 Å². The van der Waals surface area contributed by atoms with E-state index >= 15 is 0 Å². The Balaban J connectivity index is 0.911. The van der Waals surface area contributed by atoms with Gasteiger partial charge in [-0.1, -0.05) is 30.7 Å². The van der Waals surface area contributed by atoms with Gasteiger partial charge in [0, 0.05) is 56.7 Å². The normalized spacial score (nSPS) is 23.0. The van der Waals surface area contributed by atoms with Crippen LogP contribution in [0.15, 0.2) is 54.7 Å². The van der Waals surface area contributed by atoms with E-state index in [1.165, 1.54) is 18.4 Å². The van der Waals surface area contributed by atoms with Crippen LogP contribution in [0.3, 0.4) is 0 Å². The molecule has 5 heterocycles. The number of aryl methyl sites for hydroxylation is 1. The number of hydrogen-bond acceptors (Lipinski definition) is 11. The first-order valence-electron chi connectivity index (χ1n) is 18.6. The number of ether oxygens (including phenoxy) is 1. The molecule has 3 atom stereocenters. The molecule has 2 saturated heterocycles. The molecule has 272 valence electrons. The number of nitrogens with zero attached hydrogens (tertiary/aromatic N) is 7. The molecule has 2 aromatic carbocycles. The Morgan fingerprint density at radius 1 is 0.865 bits per heavy atom. The van der Waals surface area contributed by atoms with Crippen molar-refractivity contribution in [1.82, 2.24) is 30.2 Å². The number of carbonyl (C=O) groups excluding carboxylic acids is 2. The minimum Gasteiger partial charge on any atom is -0.507 e. The maximum absolute atomic E-state index is 12.4. The number of benzene rings is 2. The first-order valence-corrected chi connectivity index (χ1v) is 18.6. The van der Waals surface area contributed by atoms with Crippen LogP contribution in [0.1, 0.15) is 68.5 Å². The molecule has 13 nitrogen and oxygen atoms in total. The van der Waals surface area contributed by atoms with E-state index in [1.807, 2.05) is 25.3 Å². The molecule has 8 rings (SSSR count). The summed E-state index contributed by atoms with van der Waals surface area (Å²) in [5.41, 5.74) is 12.4. The van der Waals surface area contributed by atoms with E-state index in [1.54, 1.807) is 22.9 Å². The maximum Gasteiger partial charge on any atom is 0.228 e. The molecular weight excluding hydrogens is 658 g/mol. The van der Waals surface area contributed by atoms with Gasteiger partial charge < -0.3 is 25.4 Å². The number of aromatic hydroxyl groups is 1. The Morgan fingerprint density at radius 3 is 2.56 bits per heavy atom. The molecule has 0 bridgehead atoms. The number of carbonyl (C=O) groups is 2. The van der Waals surface area contributed by atoms with Crippen molar-refractivity contribution in [2.24, 2.45) is 0 Å². The van der Waals surface area contributed by atoms with Crippen LogP contribution < -0.4 is 25.6 Å². The molecule has 3 fully saturated rings. The standard InChI is InChI=1S/C39H47N9O4/c1-25-34(24-48(44-25)33-23-31(42-43-39(33)40)30-8-2-3-11-35(30)49)46-18-16-45(17-19-46)27-7-4-6-26(12-13-27)29-9-5-10-32-38(29)52-21-20-47(32)28-14-15-36(50)41-37(51)22-28/h2-3,5,8-11,23-24,26-28,49H,4,6-7,12-22H2,1H3,(H2,40,43)(H,41,50,51)/t26-,27-,28-/m1/s1. The smallest absolute Gasteiger partial charge is 0.228 e. The Bertz CT molecular complexity index is 1960. The summed E-state index contributed by atoms with van der Waals surface area (Å²) in [5, 5.41) is 26.1. The highest BCUT2D eigenvalue weighted by Gasteiger charge is 2.34. The predicted octanol–water partition coefficient (Wildman–Crippen LogP) is 4.56. The molecule has 52 heavy (non-hydrogen) atoms. The number of fused-ring (bicyclic) bond motifs is 1. The third kappa shape index (κ3) is 6.76. The summed E-state index contributed by atoms with van der Waals surface area (Å²) in [6.07, 6.45) is 9.14. The third-order valence-electron chi connectivity index (χ3n) is 11.4. The van der Waals surface area contributed by atoms with Crippen molar-refractivity contribution in [3.8, 4) is 28.4 Å². The molecule has 1 saturated carbocycles. The van der Waals surface area contributed by atoms with Crippen LogP contribution in [-0.2, 0) is 9.59 Å². The van der Waals surface area contributed by atoms with Crippen LogP contribution in [0.25, 0.3) is 16.9 Å². The number of piperazine rings is 1. The lowest BCUT2D eigenvalue weighted by Crippen LogP contribution is -2.50. The first kappa shape index (κ1) is 33.9. The predicted molar refractivity (Wildman–Crippen MR) is 199 cm³/mol. The maximum atomic E-state index is 12.4. The quantitative estimate of drug-likeness (QED) is 0.191. The van der Waals surface area contributed by atoms with Gasteiger partial charge in [-0.25, -0.2) is 4.68 Å². The molecule has 13 heteroatoms. The van der Waals surface area contributed by atoms with Gasteiger partial charge in [0.05, 0.1) is 35.5 Å². The number of para-hydroxylation sites is 2. The Kier molecular flexibility index (Phi) is 9.43. The lowest BCUT2D eigenvalue weighted by molar-refractivity contribution is -0.129. The van der Waals surface area contributed by atoms with E-state index in [2.05, 4.69) is 48.4 Å². The fourth-order valence-corrected chi connectivity index (χ4v) is 8.71. The van der Waals surface area contributed by atoms with Crippen molar-refractivity contribution in [2.45, 2.75) is 76.3 Å². The molecule has 3 aliphatic heterocycles. The van der Waals surface area contributed by atoms with Crippen LogP contribution in [0.5, 0.6) is 11.5 Å². The summed E-state index contributed by atoms with van der Waals surface area (Å²) in [7, 11) is 0. The highest BCUT2D eigenvalue weighted by atomic mass is 16.5. The van der Waals surface area contributed by atoms with Crippen LogP contribution in [0.4, 0.5) is 17.2 Å². The number of anilines is 3. The lowest BCUT2D eigenvalue weighted by Gasteiger charge is -2.40. The van der Waals surface area contributed by atoms with Crippen molar-refractivity contribution in [3.63, 3.8) is 0 Å². The number of nitrogens with two attached hydrogens (primary N) is 1. The largest absolute Gasteiger partial charge is 0.507 e. The van der Waals surface area contributed by atoms with E-state index in [4.69, 9.17) is 15.6 Å². The summed E-state index contributed by atoms with van der Waals surface area (Å²) in [6.45, 7) is 7.15. The van der Waals surface area contributed by atoms with E-state index in [0.717, 1.165) is 74.8 Å². The van der Waals surface area contributed by atoms with Crippen LogP contribution in [0.2, 0.25) is 0 Å². The number of phenols is 1. The minimum atomic E-state index is -0.189. The monoisotopic (exact) mass is 705 g/mol. The van der Waals surface area contributed by atoms with Gasteiger partial charge in [-0.2, -0.15) is 5.10 Å². The fraction of sp³-hybridized carbons (Fsp3) is 0.462. The molecule has 4 aromatic rings. The Labute approximate surface area is 303 Å². The number of phenolic OH excluding ortho intramolecular Hbond substituents is 1. The van der Waals surface area contributed by atoms with Gasteiger partial charge in [-0.3, -0.25) is 19.8 Å². The summed E-state index contributed by atoms with van der Waals surface area (Å²) in [4.78, 5) is 31.8. The summed E-state index contributed by atoms with van der Waals surface area (Å²) in [6, 6.07) is 15.9. The van der Waals surface area contributed by atoms with Crippen molar-refractivity contribution in [1.29, 1.82) is 0 Å². The number of amides is 2. The molecule has 1 aliphatic carbocycles. The topological polar surface area (TPSA) is 155 Å². The zero-order valence-electron chi connectivity index (χ0n) is 29.7.